The number of nitrogens with zero attached hydrogens (tertiary/aromatic N) is 4. The van der Waals surface area contributed by atoms with E-state index >= 15 is 0 Å². The topological polar surface area (TPSA) is 53.5 Å². The second-order valence-corrected chi connectivity index (χ2v) is 5.67. The van der Waals surface area contributed by atoms with Crippen LogP contribution in [-0.4, -0.2) is 60.7 Å². The molecule has 0 amide bonds. The maximum absolute atomic E-state index is 5.44. The average Bonchev–Trinajstić information content (AvgIpc) is 3.37. The molecule has 21 heavy (non-hydrogen) atoms. The van der Waals surface area contributed by atoms with Crippen molar-refractivity contribution in [3.8, 4) is 0 Å². The van der Waals surface area contributed by atoms with E-state index < -0.39 is 0 Å². The zero-order chi connectivity index (χ0) is 14.7. The van der Waals surface area contributed by atoms with E-state index in [1.54, 1.807) is 0 Å². The number of hydrogen-bond acceptors (Lipinski definition) is 6. The van der Waals surface area contributed by atoms with Crippen LogP contribution in [0.15, 0.2) is 6.07 Å². The predicted octanol–water partition coefficient (Wildman–Crippen LogP) is 1.34. The lowest BCUT2D eigenvalue weighted by Gasteiger charge is -2.35. The maximum atomic E-state index is 5.44. The van der Waals surface area contributed by atoms with E-state index in [0.29, 0.717) is 13.2 Å². The summed E-state index contributed by atoms with van der Waals surface area (Å²) in [7, 11) is 1.89. The molecule has 1 aromatic heterocycles. The Balaban J connectivity index is 1.68. The van der Waals surface area contributed by atoms with Crippen molar-refractivity contribution in [1.82, 2.24) is 14.9 Å². The van der Waals surface area contributed by atoms with Gasteiger partial charge in [-0.3, -0.25) is 4.90 Å². The third-order valence-corrected chi connectivity index (χ3v) is 4.15. The standard InChI is InChI=1S/C15H25N5O/c1-3-21-11-14-17-13(16-2)10-15(18-14)20-8-6-19(7-9-20)12-4-5-12/h10,12H,3-9,11H2,1-2H3,(H,16,17,18). The highest BCUT2D eigenvalue weighted by atomic mass is 16.5. The lowest BCUT2D eigenvalue weighted by Crippen LogP contribution is -2.47. The second-order valence-electron chi connectivity index (χ2n) is 5.67. The summed E-state index contributed by atoms with van der Waals surface area (Å²) in [5, 5.41) is 3.12. The van der Waals surface area contributed by atoms with Gasteiger partial charge in [0.25, 0.3) is 0 Å². The molecule has 2 fully saturated rings. The Morgan fingerprint density at radius 1 is 1.24 bits per heavy atom. The number of piperazine rings is 1. The Hall–Kier alpha value is -1.40. The largest absolute Gasteiger partial charge is 0.374 e. The lowest BCUT2D eigenvalue weighted by molar-refractivity contribution is 0.128. The van der Waals surface area contributed by atoms with Crippen LogP contribution >= 0.6 is 0 Å². The Kier molecular flexibility index (Phi) is 4.55. The molecule has 6 nitrogen and oxygen atoms in total. The van der Waals surface area contributed by atoms with Gasteiger partial charge in [-0.2, -0.15) is 0 Å². The molecule has 1 aromatic rings. The molecule has 6 heteroatoms. The second kappa shape index (κ2) is 6.58. The summed E-state index contributed by atoms with van der Waals surface area (Å²) in [5.74, 6) is 2.63. The number of aromatic nitrogens is 2. The fourth-order valence-corrected chi connectivity index (χ4v) is 2.79. The van der Waals surface area contributed by atoms with E-state index in [0.717, 1.165) is 49.7 Å². The number of anilines is 2. The summed E-state index contributed by atoms with van der Waals surface area (Å²) in [5.41, 5.74) is 0. The predicted molar refractivity (Wildman–Crippen MR) is 83.7 cm³/mol. The Labute approximate surface area is 126 Å². The van der Waals surface area contributed by atoms with Crippen molar-refractivity contribution in [2.45, 2.75) is 32.4 Å². The zero-order valence-electron chi connectivity index (χ0n) is 13.0. The first kappa shape index (κ1) is 14.5. The molecule has 0 aromatic carbocycles. The molecule has 1 aliphatic carbocycles. The van der Waals surface area contributed by atoms with Crippen LogP contribution in [0.2, 0.25) is 0 Å². The van der Waals surface area contributed by atoms with Gasteiger partial charge < -0.3 is 15.0 Å². The van der Waals surface area contributed by atoms with E-state index in [4.69, 9.17) is 4.74 Å². The number of hydrogen-bond donors (Lipinski definition) is 1. The van der Waals surface area contributed by atoms with Gasteiger partial charge >= 0.3 is 0 Å². The fourth-order valence-electron chi connectivity index (χ4n) is 2.79. The smallest absolute Gasteiger partial charge is 0.158 e. The average molecular weight is 291 g/mol. The third kappa shape index (κ3) is 3.63. The molecule has 3 rings (SSSR count). The van der Waals surface area contributed by atoms with E-state index in [-0.39, 0.29) is 0 Å². The normalized spacial score (nSPS) is 19.8. The molecule has 2 heterocycles. The first-order valence-corrected chi connectivity index (χ1v) is 7.92. The highest BCUT2D eigenvalue weighted by Crippen LogP contribution is 2.28. The summed E-state index contributed by atoms with van der Waals surface area (Å²) in [6.45, 7) is 7.52. The van der Waals surface area contributed by atoms with Crippen molar-refractivity contribution < 1.29 is 4.74 Å². The van der Waals surface area contributed by atoms with Crippen molar-refractivity contribution in [1.29, 1.82) is 0 Å². The highest BCUT2D eigenvalue weighted by Gasteiger charge is 2.31. The highest BCUT2D eigenvalue weighted by molar-refractivity contribution is 5.49. The molecular weight excluding hydrogens is 266 g/mol. The summed E-state index contributed by atoms with van der Waals surface area (Å²) >= 11 is 0. The summed E-state index contributed by atoms with van der Waals surface area (Å²) in [6, 6.07) is 2.89. The number of ether oxygens (including phenoxy) is 1. The van der Waals surface area contributed by atoms with E-state index in [9.17, 15) is 0 Å². The Morgan fingerprint density at radius 2 is 2.00 bits per heavy atom. The molecule has 0 unspecified atom stereocenters. The maximum Gasteiger partial charge on any atom is 0.158 e. The minimum Gasteiger partial charge on any atom is -0.374 e. The van der Waals surface area contributed by atoms with Crippen molar-refractivity contribution >= 4 is 11.6 Å². The number of rotatable bonds is 6. The molecule has 116 valence electrons. The van der Waals surface area contributed by atoms with Gasteiger partial charge in [-0.25, -0.2) is 9.97 Å². The van der Waals surface area contributed by atoms with E-state index in [1.165, 1.54) is 12.8 Å². The first-order chi connectivity index (χ1) is 10.3. The van der Waals surface area contributed by atoms with Crippen LogP contribution in [0.25, 0.3) is 0 Å². The SMILES string of the molecule is CCOCc1nc(NC)cc(N2CCN(C3CC3)CC2)n1. The van der Waals surface area contributed by atoms with Gasteiger partial charge in [0, 0.05) is 51.9 Å². The van der Waals surface area contributed by atoms with E-state index in [1.807, 2.05) is 20.0 Å². The van der Waals surface area contributed by atoms with Gasteiger partial charge in [-0.05, 0) is 19.8 Å². The monoisotopic (exact) mass is 291 g/mol. The van der Waals surface area contributed by atoms with Gasteiger partial charge in [0.1, 0.15) is 18.2 Å². The van der Waals surface area contributed by atoms with Gasteiger partial charge in [0.05, 0.1) is 0 Å². The van der Waals surface area contributed by atoms with Crippen LogP contribution in [0.5, 0.6) is 0 Å². The molecule has 1 aliphatic heterocycles. The number of nitrogens with one attached hydrogen (secondary N) is 1. The minimum absolute atomic E-state index is 0.473. The molecule has 0 bridgehead atoms. The van der Waals surface area contributed by atoms with E-state index in [2.05, 4.69) is 25.1 Å². The quantitative estimate of drug-likeness (QED) is 0.853. The van der Waals surface area contributed by atoms with Gasteiger partial charge in [-0.1, -0.05) is 0 Å². The Bertz CT molecular complexity index is 469. The van der Waals surface area contributed by atoms with Crippen LogP contribution in [-0.2, 0) is 11.3 Å². The van der Waals surface area contributed by atoms with Crippen LogP contribution < -0.4 is 10.2 Å². The molecular formula is C15H25N5O. The first-order valence-electron chi connectivity index (χ1n) is 7.92. The zero-order valence-corrected chi connectivity index (χ0v) is 13.0. The third-order valence-electron chi connectivity index (χ3n) is 4.15. The summed E-state index contributed by atoms with van der Waals surface area (Å²) < 4.78 is 5.44. The molecule has 0 radical (unpaired) electrons. The van der Waals surface area contributed by atoms with Crippen molar-refractivity contribution in [2.75, 3.05) is 50.1 Å². The van der Waals surface area contributed by atoms with Crippen molar-refractivity contribution in [2.24, 2.45) is 0 Å². The van der Waals surface area contributed by atoms with Gasteiger partial charge in [0.15, 0.2) is 5.82 Å². The molecule has 1 N–H and O–H groups in total. The van der Waals surface area contributed by atoms with Crippen molar-refractivity contribution in [3.05, 3.63) is 11.9 Å². The fraction of sp³-hybridized carbons (Fsp3) is 0.733. The lowest BCUT2D eigenvalue weighted by atomic mass is 10.3. The van der Waals surface area contributed by atoms with Crippen LogP contribution in [0.1, 0.15) is 25.6 Å². The molecule has 2 aliphatic rings. The Morgan fingerprint density at radius 3 is 2.62 bits per heavy atom. The van der Waals surface area contributed by atoms with Crippen LogP contribution in [0.3, 0.4) is 0 Å². The van der Waals surface area contributed by atoms with Gasteiger partial charge in [0.2, 0.25) is 0 Å². The molecule has 1 saturated carbocycles. The molecule has 0 atom stereocenters. The molecule has 1 saturated heterocycles. The molecule has 0 spiro atoms. The van der Waals surface area contributed by atoms with Crippen LogP contribution in [0.4, 0.5) is 11.6 Å². The van der Waals surface area contributed by atoms with Gasteiger partial charge in [-0.15, -0.1) is 0 Å². The summed E-state index contributed by atoms with van der Waals surface area (Å²) in [4.78, 5) is 14.1. The van der Waals surface area contributed by atoms with Crippen molar-refractivity contribution in [3.63, 3.8) is 0 Å². The summed E-state index contributed by atoms with van der Waals surface area (Å²) in [6.07, 6.45) is 2.77. The minimum atomic E-state index is 0.473. The van der Waals surface area contributed by atoms with Crippen LogP contribution in [0, 0.1) is 0 Å².